The summed E-state index contributed by atoms with van der Waals surface area (Å²) in [4.78, 5) is 0. The van der Waals surface area contributed by atoms with Crippen LogP contribution in [0.2, 0.25) is 0 Å². The van der Waals surface area contributed by atoms with E-state index in [9.17, 15) is 13.5 Å². The molecule has 6 nitrogen and oxygen atoms in total. The van der Waals surface area contributed by atoms with Crippen LogP contribution in [0.4, 0.5) is 5.69 Å². The van der Waals surface area contributed by atoms with Gasteiger partial charge in [0.15, 0.2) is 0 Å². The van der Waals surface area contributed by atoms with Crippen LogP contribution in [0.3, 0.4) is 0 Å². The second-order valence-electron chi connectivity index (χ2n) is 5.39. The molecule has 0 bridgehead atoms. The van der Waals surface area contributed by atoms with Crippen LogP contribution in [0, 0.1) is 5.92 Å². The van der Waals surface area contributed by atoms with Crippen LogP contribution in [-0.2, 0) is 10.0 Å². The summed E-state index contributed by atoms with van der Waals surface area (Å²) < 4.78 is 31.2. The Morgan fingerprint density at radius 2 is 2.14 bits per heavy atom. The number of nitrogens with zero attached hydrogens (tertiary/aromatic N) is 1. The van der Waals surface area contributed by atoms with Gasteiger partial charge in [-0.05, 0) is 24.5 Å². The summed E-state index contributed by atoms with van der Waals surface area (Å²) in [6.07, 6.45) is 0.0755. The van der Waals surface area contributed by atoms with Gasteiger partial charge in [0.05, 0.1) is 17.5 Å². The molecule has 0 spiro atoms. The monoisotopic (exact) mass is 314 g/mol. The molecular formula is C14H22N2O4S. The molecule has 3 N–H and O–H groups in total. The molecule has 0 aromatic heterocycles. The highest BCUT2D eigenvalue weighted by molar-refractivity contribution is 7.89. The maximum atomic E-state index is 12.2. The Morgan fingerprint density at radius 3 is 2.81 bits per heavy atom. The minimum atomic E-state index is -3.42. The quantitative estimate of drug-likeness (QED) is 0.780. The first-order valence-corrected chi connectivity index (χ1v) is 8.64. The molecule has 1 heterocycles. The summed E-state index contributed by atoms with van der Waals surface area (Å²) in [6.45, 7) is 2.58. The number of rotatable bonds is 5. The number of hydrogen-bond acceptors (Lipinski definition) is 5. The van der Waals surface area contributed by atoms with E-state index in [-0.39, 0.29) is 24.8 Å². The van der Waals surface area contributed by atoms with E-state index in [0.29, 0.717) is 24.4 Å². The topological polar surface area (TPSA) is 92.9 Å². The van der Waals surface area contributed by atoms with Crippen LogP contribution < -0.4 is 10.5 Å². The molecule has 2 rings (SSSR count). The molecule has 1 aromatic rings. The molecule has 0 radical (unpaired) electrons. The molecule has 0 amide bonds. The van der Waals surface area contributed by atoms with Crippen molar-refractivity contribution in [3.05, 3.63) is 24.3 Å². The number of piperidine rings is 1. The standard InChI is InChI=1S/C14H22N2O4S/c1-11-6-7-16(10-13(11)17)21(18,19)9-8-20-14-5-3-2-4-12(14)15/h2-5,11,13,17H,6-10,15H2,1H3. The molecule has 2 atom stereocenters. The van der Waals surface area contributed by atoms with E-state index in [0.717, 1.165) is 0 Å². The zero-order chi connectivity index (χ0) is 15.5. The number of anilines is 1. The highest BCUT2D eigenvalue weighted by atomic mass is 32.2. The first-order valence-electron chi connectivity index (χ1n) is 7.03. The fourth-order valence-corrected chi connectivity index (χ4v) is 3.59. The molecule has 1 aromatic carbocycles. The summed E-state index contributed by atoms with van der Waals surface area (Å²) in [7, 11) is -3.42. The van der Waals surface area contributed by atoms with Crippen LogP contribution in [0.1, 0.15) is 13.3 Å². The van der Waals surface area contributed by atoms with Crippen molar-refractivity contribution in [2.24, 2.45) is 5.92 Å². The number of hydrogen-bond donors (Lipinski definition) is 2. The number of β-amino-alcohol motifs (C(OH)–C–C–N with tert-alkyl or cyclic N) is 1. The van der Waals surface area contributed by atoms with Crippen LogP contribution in [0.25, 0.3) is 0 Å². The van der Waals surface area contributed by atoms with Gasteiger partial charge in [-0.15, -0.1) is 0 Å². The maximum Gasteiger partial charge on any atom is 0.217 e. The SMILES string of the molecule is CC1CCN(S(=O)(=O)CCOc2ccccc2N)CC1O. The molecule has 1 fully saturated rings. The minimum absolute atomic E-state index is 0.0404. The lowest BCUT2D eigenvalue weighted by Gasteiger charge is -2.33. The number of nitrogen functional groups attached to an aromatic ring is 1. The smallest absolute Gasteiger partial charge is 0.217 e. The Bertz CT molecular complexity index is 576. The van der Waals surface area contributed by atoms with Crippen molar-refractivity contribution in [2.45, 2.75) is 19.4 Å². The number of sulfonamides is 1. The van der Waals surface area contributed by atoms with E-state index in [4.69, 9.17) is 10.5 Å². The molecule has 1 saturated heterocycles. The van der Waals surface area contributed by atoms with Gasteiger partial charge in [-0.1, -0.05) is 19.1 Å². The van der Waals surface area contributed by atoms with Crippen molar-refractivity contribution < 1.29 is 18.3 Å². The fourth-order valence-electron chi connectivity index (χ4n) is 2.27. The lowest BCUT2D eigenvalue weighted by atomic mass is 9.98. The molecule has 2 unspecified atom stereocenters. The Labute approximate surface area is 125 Å². The average molecular weight is 314 g/mol. The maximum absolute atomic E-state index is 12.2. The molecule has 1 aliphatic rings. The largest absolute Gasteiger partial charge is 0.490 e. The van der Waals surface area contributed by atoms with E-state index in [1.54, 1.807) is 24.3 Å². The molecule has 7 heteroatoms. The normalized spacial score (nSPS) is 23.9. The lowest BCUT2D eigenvalue weighted by Crippen LogP contribution is -2.47. The number of ether oxygens (including phenoxy) is 1. The Morgan fingerprint density at radius 1 is 1.43 bits per heavy atom. The third-order valence-corrected chi connectivity index (χ3v) is 5.59. The van der Waals surface area contributed by atoms with Gasteiger partial charge in [0.2, 0.25) is 10.0 Å². The minimum Gasteiger partial charge on any atom is -0.490 e. The molecule has 0 saturated carbocycles. The Hall–Kier alpha value is -1.31. The van der Waals surface area contributed by atoms with Gasteiger partial charge in [-0.25, -0.2) is 8.42 Å². The molecule has 0 aliphatic carbocycles. The summed E-state index contributed by atoms with van der Waals surface area (Å²) in [5.74, 6) is 0.499. The van der Waals surface area contributed by atoms with E-state index in [1.807, 2.05) is 6.92 Å². The number of benzene rings is 1. The third-order valence-electron chi connectivity index (χ3n) is 3.79. The van der Waals surface area contributed by atoms with Gasteiger partial charge < -0.3 is 15.6 Å². The predicted molar refractivity (Wildman–Crippen MR) is 81.5 cm³/mol. The van der Waals surface area contributed by atoms with Crippen molar-refractivity contribution >= 4 is 15.7 Å². The van der Waals surface area contributed by atoms with Crippen LogP contribution in [-0.4, -0.2) is 49.4 Å². The zero-order valence-electron chi connectivity index (χ0n) is 12.1. The third kappa shape index (κ3) is 4.09. The predicted octanol–water partition coefficient (Wildman–Crippen LogP) is 0.680. The number of para-hydroxylation sites is 2. The number of aliphatic hydroxyl groups is 1. The lowest BCUT2D eigenvalue weighted by molar-refractivity contribution is 0.0604. The van der Waals surface area contributed by atoms with Gasteiger partial charge in [-0.3, -0.25) is 0 Å². The van der Waals surface area contributed by atoms with Crippen molar-refractivity contribution in [3.63, 3.8) is 0 Å². The number of nitrogens with two attached hydrogens (primary N) is 1. The highest BCUT2D eigenvalue weighted by Crippen LogP contribution is 2.21. The second kappa shape index (κ2) is 6.64. The Balaban J connectivity index is 1.89. The van der Waals surface area contributed by atoms with E-state index in [1.165, 1.54) is 4.31 Å². The fraction of sp³-hybridized carbons (Fsp3) is 0.571. The summed E-state index contributed by atoms with van der Waals surface area (Å²) in [6, 6.07) is 6.97. The van der Waals surface area contributed by atoms with Crippen LogP contribution >= 0.6 is 0 Å². The zero-order valence-corrected chi connectivity index (χ0v) is 12.9. The second-order valence-corrected chi connectivity index (χ2v) is 7.48. The van der Waals surface area contributed by atoms with Crippen LogP contribution in [0.5, 0.6) is 5.75 Å². The highest BCUT2D eigenvalue weighted by Gasteiger charge is 2.31. The van der Waals surface area contributed by atoms with Gasteiger partial charge in [0.25, 0.3) is 0 Å². The van der Waals surface area contributed by atoms with Gasteiger partial charge in [0, 0.05) is 13.1 Å². The summed E-state index contributed by atoms with van der Waals surface area (Å²) in [5, 5.41) is 9.80. The van der Waals surface area contributed by atoms with Gasteiger partial charge >= 0.3 is 0 Å². The molecule has 118 valence electrons. The average Bonchev–Trinajstić information content (AvgIpc) is 2.44. The first-order chi connectivity index (χ1) is 9.90. The Kier molecular flexibility index (Phi) is 5.08. The summed E-state index contributed by atoms with van der Waals surface area (Å²) >= 11 is 0. The van der Waals surface area contributed by atoms with E-state index < -0.39 is 16.1 Å². The first kappa shape index (κ1) is 16.1. The van der Waals surface area contributed by atoms with Crippen molar-refractivity contribution in [1.29, 1.82) is 0 Å². The molecule has 21 heavy (non-hydrogen) atoms. The van der Waals surface area contributed by atoms with Crippen LogP contribution in [0.15, 0.2) is 24.3 Å². The van der Waals surface area contributed by atoms with Crippen molar-refractivity contribution in [1.82, 2.24) is 4.31 Å². The molecular weight excluding hydrogens is 292 g/mol. The molecule has 1 aliphatic heterocycles. The van der Waals surface area contributed by atoms with Crippen molar-refractivity contribution in [3.8, 4) is 5.75 Å². The number of aliphatic hydroxyl groups excluding tert-OH is 1. The van der Waals surface area contributed by atoms with Gasteiger partial charge in [0.1, 0.15) is 12.4 Å². The van der Waals surface area contributed by atoms with E-state index in [2.05, 4.69) is 0 Å². The summed E-state index contributed by atoms with van der Waals surface area (Å²) in [5.41, 5.74) is 6.21. The van der Waals surface area contributed by atoms with Gasteiger partial charge in [-0.2, -0.15) is 4.31 Å². The van der Waals surface area contributed by atoms with E-state index >= 15 is 0 Å². The van der Waals surface area contributed by atoms with Crippen molar-refractivity contribution in [2.75, 3.05) is 31.2 Å².